The van der Waals surface area contributed by atoms with Crippen molar-refractivity contribution in [2.75, 3.05) is 25.5 Å². The summed E-state index contributed by atoms with van der Waals surface area (Å²) in [6.07, 6.45) is 5.46. The number of anilines is 1. The summed E-state index contributed by atoms with van der Waals surface area (Å²) in [5.41, 5.74) is 0.385. The summed E-state index contributed by atoms with van der Waals surface area (Å²) in [6, 6.07) is 8.77. The van der Waals surface area contributed by atoms with E-state index in [1.165, 1.54) is 25.0 Å². The lowest BCUT2D eigenvalue weighted by Crippen LogP contribution is -2.48. The van der Waals surface area contributed by atoms with Crippen LogP contribution in [0.15, 0.2) is 36.4 Å². The molecule has 0 bridgehead atoms. The van der Waals surface area contributed by atoms with Crippen molar-refractivity contribution in [1.82, 2.24) is 10.2 Å². The third kappa shape index (κ3) is 5.13. The molecule has 216 valence electrons. The predicted octanol–water partition coefficient (Wildman–Crippen LogP) is 4.62. The lowest BCUT2D eigenvalue weighted by Gasteiger charge is -2.36. The Bertz CT molecular complexity index is 1270. The minimum atomic E-state index is -1.27. The minimum Gasteiger partial charge on any atom is -0.394 e. The maximum Gasteiger partial charge on any atom is 0.238 e. The van der Waals surface area contributed by atoms with Crippen molar-refractivity contribution in [1.29, 1.82) is 0 Å². The van der Waals surface area contributed by atoms with Crippen LogP contribution in [0, 0.1) is 11.7 Å². The van der Waals surface area contributed by atoms with E-state index >= 15 is 4.39 Å². The normalized spacial score (nSPS) is 27.2. The number of likely N-dealkylation sites (tertiary alicyclic amines) is 1. The topological polar surface area (TPSA) is 102 Å². The van der Waals surface area contributed by atoms with Crippen molar-refractivity contribution >= 4 is 40.7 Å². The van der Waals surface area contributed by atoms with E-state index in [2.05, 4.69) is 10.6 Å². The number of aliphatic hydroxyl groups excluding tert-OH is 2. The van der Waals surface area contributed by atoms with Gasteiger partial charge >= 0.3 is 0 Å². The SMILES string of the molecule is CN1[C@@H](C(=O)NCC[C@@H](O)CO)[C@H](c2cccc(Cl)c2)[C@@]2(C(=O)Nc3cc(Cl)c(F)cc32)[C@H]1CCC1CCCC1. The Morgan fingerprint density at radius 1 is 1.23 bits per heavy atom. The summed E-state index contributed by atoms with van der Waals surface area (Å²) in [4.78, 5) is 30.2. The average Bonchev–Trinajstić information content (AvgIpc) is 3.60. The molecule has 3 aliphatic rings. The first-order chi connectivity index (χ1) is 19.2. The summed E-state index contributed by atoms with van der Waals surface area (Å²) in [5, 5.41) is 25.3. The molecule has 1 saturated heterocycles. The molecule has 2 aromatic rings. The van der Waals surface area contributed by atoms with Gasteiger partial charge in [0.1, 0.15) is 11.2 Å². The molecule has 5 rings (SSSR count). The van der Waals surface area contributed by atoms with Crippen molar-refractivity contribution in [3.05, 3.63) is 63.4 Å². The van der Waals surface area contributed by atoms with Crippen LogP contribution in [0.25, 0.3) is 0 Å². The van der Waals surface area contributed by atoms with Crippen LogP contribution in [0.4, 0.5) is 10.1 Å². The maximum absolute atomic E-state index is 15.1. The number of hydrogen-bond acceptors (Lipinski definition) is 5. The fourth-order valence-electron chi connectivity index (χ4n) is 7.35. The van der Waals surface area contributed by atoms with Gasteiger partial charge in [0.2, 0.25) is 11.8 Å². The highest BCUT2D eigenvalue weighted by molar-refractivity contribution is 6.31. The fraction of sp³-hybridized carbons (Fsp3) is 0.533. The molecule has 40 heavy (non-hydrogen) atoms. The molecule has 0 aromatic heterocycles. The number of aliphatic hydroxyl groups is 2. The van der Waals surface area contributed by atoms with Gasteiger partial charge in [-0.15, -0.1) is 0 Å². The van der Waals surface area contributed by atoms with Crippen LogP contribution in [0.2, 0.25) is 10.0 Å². The zero-order valence-corrected chi connectivity index (χ0v) is 24.0. The van der Waals surface area contributed by atoms with E-state index in [9.17, 15) is 19.8 Å². The Hall–Kier alpha value is -2.23. The second-order valence-corrected chi connectivity index (χ2v) is 12.3. The van der Waals surface area contributed by atoms with Gasteiger partial charge in [-0.3, -0.25) is 14.5 Å². The predicted molar refractivity (Wildman–Crippen MR) is 153 cm³/mol. The van der Waals surface area contributed by atoms with Crippen LogP contribution in [-0.2, 0) is 15.0 Å². The molecule has 0 radical (unpaired) electrons. The van der Waals surface area contributed by atoms with E-state index in [4.69, 9.17) is 23.2 Å². The smallest absolute Gasteiger partial charge is 0.238 e. The van der Waals surface area contributed by atoms with Crippen molar-refractivity contribution < 1.29 is 24.2 Å². The Morgan fingerprint density at radius 2 is 1.98 bits per heavy atom. The molecular weight excluding hydrogens is 556 g/mol. The van der Waals surface area contributed by atoms with Crippen molar-refractivity contribution in [2.45, 2.75) is 74.5 Å². The van der Waals surface area contributed by atoms with Crippen LogP contribution in [0.3, 0.4) is 0 Å². The third-order valence-corrected chi connectivity index (χ3v) is 9.70. The van der Waals surface area contributed by atoms with Crippen LogP contribution in [0.1, 0.15) is 62.0 Å². The number of benzene rings is 2. The van der Waals surface area contributed by atoms with Gasteiger partial charge in [-0.2, -0.15) is 0 Å². The number of hydrogen-bond donors (Lipinski definition) is 4. The van der Waals surface area contributed by atoms with E-state index in [-0.39, 0.29) is 29.8 Å². The second kappa shape index (κ2) is 11.9. The summed E-state index contributed by atoms with van der Waals surface area (Å²) in [7, 11) is 1.86. The molecule has 2 fully saturated rings. The molecule has 1 spiro atoms. The number of nitrogens with zero attached hydrogens (tertiary/aromatic N) is 1. The number of fused-ring (bicyclic) bond motifs is 2. The molecule has 2 heterocycles. The number of nitrogens with one attached hydrogen (secondary N) is 2. The largest absolute Gasteiger partial charge is 0.394 e. The molecular formula is C30H36Cl2FN3O4. The Balaban J connectivity index is 1.64. The molecule has 2 aliphatic heterocycles. The molecule has 10 heteroatoms. The maximum atomic E-state index is 15.1. The monoisotopic (exact) mass is 591 g/mol. The van der Waals surface area contributed by atoms with E-state index < -0.39 is 41.9 Å². The van der Waals surface area contributed by atoms with Gasteiger partial charge in [0.05, 0.1) is 23.8 Å². The molecule has 7 nitrogen and oxygen atoms in total. The average molecular weight is 593 g/mol. The Labute approximate surface area is 244 Å². The Morgan fingerprint density at radius 3 is 2.67 bits per heavy atom. The molecule has 0 unspecified atom stereocenters. The van der Waals surface area contributed by atoms with Crippen LogP contribution >= 0.6 is 23.2 Å². The molecule has 1 aliphatic carbocycles. The van der Waals surface area contributed by atoms with Crippen LogP contribution < -0.4 is 10.6 Å². The zero-order chi connectivity index (χ0) is 28.6. The quantitative estimate of drug-likeness (QED) is 0.341. The summed E-state index contributed by atoms with van der Waals surface area (Å²) >= 11 is 12.6. The first-order valence-electron chi connectivity index (χ1n) is 14.0. The highest BCUT2D eigenvalue weighted by Gasteiger charge is 2.67. The van der Waals surface area contributed by atoms with Crippen molar-refractivity contribution in [3.63, 3.8) is 0 Å². The molecule has 4 N–H and O–H groups in total. The van der Waals surface area contributed by atoms with Gasteiger partial charge in [0.25, 0.3) is 0 Å². The van der Waals surface area contributed by atoms with Gasteiger partial charge in [-0.1, -0.05) is 61.0 Å². The van der Waals surface area contributed by atoms with Gasteiger partial charge in [-0.25, -0.2) is 4.39 Å². The lowest BCUT2D eigenvalue weighted by atomic mass is 9.63. The van der Waals surface area contributed by atoms with Gasteiger partial charge in [0.15, 0.2) is 0 Å². The van der Waals surface area contributed by atoms with Crippen molar-refractivity contribution in [2.24, 2.45) is 5.92 Å². The van der Waals surface area contributed by atoms with Gasteiger partial charge in [-0.05, 0) is 67.6 Å². The number of halogens is 3. The first-order valence-corrected chi connectivity index (χ1v) is 14.8. The van der Waals surface area contributed by atoms with Crippen LogP contribution in [-0.4, -0.2) is 65.3 Å². The number of rotatable bonds is 9. The number of amides is 2. The minimum absolute atomic E-state index is 0.0824. The lowest BCUT2D eigenvalue weighted by molar-refractivity contribution is -0.126. The van der Waals surface area contributed by atoms with E-state index in [0.717, 1.165) is 19.3 Å². The fourth-order valence-corrected chi connectivity index (χ4v) is 7.71. The molecule has 1 saturated carbocycles. The number of likely N-dealkylation sites (N-methyl/N-ethyl adjacent to an activating group) is 1. The summed E-state index contributed by atoms with van der Waals surface area (Å²) in [6.45, 7) is -0.248. The van der Waals surface area contributed by atoms with E-state index in [0.29, 0.717) is 34.2 Å². The van der Waals surface area contributed by atoms with Gasteiger partial charge < -0.3 is 20.8 Å². The van der Waals surface area contributed by atoms with Crippen LogP contribution in [0.5, 0.6) is 0 Å². The number of carbonyl (C=O) groups is 2. The second-order valence-electron chi connectivity index (χ2n) is 11.4. The molecule has 2 amide bonds. The van der Waals surface area contributed by atoms with Gasteiger partial charge in [0, 0.05) is 29.2 Å². The summed E-state index contributed by atoms with van der Waals surface area (Å²) < 4.78 is 15.1. The van der Waals surface area contributed by atoms with Crippen molar-refractivity contribution in [3.8, 4) is 0 Å². The third-order valence-electron chi connectivity index (χ3n) is 9.18. The standard InChI is InChI=1S/C30H36Cl2FN3O4/c1-36-25(10-9-17-5-2-3-6-17)30(21-14-23(33)22(32)15-24(21)35-29(30)40)26(18-7-4-8-19(31)13-18)27(36)28(39)34-12-11-20(38)16-37/h4,7-8,13-15,17,20,25-27,37-38H,2-3,5-6,9-12,16H2,1H3,(H,34,39)(H,35,40)/t20-,25-,26+,27-,30+/m1/s1. The molecule has 5 atom stereocenters. The first kappa shape index (κ1) is 29.3. The number of carbonyl (C=O) groups excluding carboxylic acids is 2. The Kier molecular flexibility index (Phi) is 8.74. The highest BCUT2D eigenvalue weighted by atomic mass is 35.5. The van der Waals surface area contributed by atoms with E-state index in [1.807, 2.05) is 18.0 Å². The zero-order valence-electron chi connectivity index (χ0n) is 22.5. The highest BCUT2D eigenvalue weighted by Crippen LogP contribution is 2.59. The van der Waals surface area contributed by atoms with E-state index in [1.54, 1.807) is 18.2 Å². The molecule has 2 aromatic carbocycles. The summed E-state index contributed by atoms with van der Waals surface area (Å²) in [5.74, 6) is -1.35.